The number of nitrogens with one attached hydrogen (secondary N) is 1. The lowest BCUT2D eigenvalue weighted by Crippen LogP contribution is -1.98. The van der Waals surface area contributed by atoms with Crippen LogP contribution in [-0.2, 0) is 0 Å². The van der Waals surface area contributed by atoms with Gasteiger partial charge in [0, 0.05) is 6.07 Å². The highest BCUT2D eigenvalue weighted by molar-refractivity contribution is 7.71. The van der Waals surface area contributed by atoms with Gasteiger partial charge < -0.3 is 9.72 Å². The molecule has 0 unspecified atom stereocenters. The topological polar surface area (TPSA) is 29.9 Å². The first-order valence-corrected chi connectivity index (χ1v) is 7.15. The van der Waals surface area contributed by atoms with Crippen molar-refractivity contribution in [1.82, 2.24) is 9.55 Å². The predicted octanol–water partition coefficient (Wildman–Crippen LogP) is 4.53. The molecule has 0 saturated carbocycles. The van der Waals surface area contributed by atoms with E-state index in [1.165, 1.54) is 6.07 Å². The molecule has 0 aliphatic heterocycles. The van der Waals surface area contributed by atoms with Crippen molar-refractivity contribution >= 4 is 23.3 Å². The van der Waals surface area contributed by atoms with Crippen LogP contribution in [0, 0.1) is 17.5 Å². The first-order valence-electron chi connectivity index (χ1n) is 6.75. The van der Waals surface area contributed by atoms with Crippen molar-refractivity contribution in [1.29, 1.82) is 0 Å². The summed E-state index contributed by atoms with van der Waals surface area (Å²) in [5, 5.41) is 0. The largest absolute Gasteiger partial charge is 0.491 e. The number of para-hydroxylation sites is 1. The summed E-state index contributed by atoms with van der Waals surface area (Å²) in [5.74, 6) is -0.137. The Bertz CT molecular complexity index is 866. The molecule has 2 aromatic carbocycles. The molecule has 0 aliphatic carbocycles. The van der Waals surface area contributed by atoms with E-state index in [9.17, 15) is 4.39 Å². The average Bonchev–Trinajstić information content (AvgIpc) is 2.79. The van der Waals surface area contributed by atoms with Gasteiger partial charge in [-0.1, -0.05) is 12.1 Å². The molecule has 3 nitrogen and oxygen atoms in total. The lowest BCUT2D eigenvalue weighted by Gasteiger charge is -2.08. The molecular formula is C16H15FN2OS. The Balaban J connectivity index is 2.21. The van der Waals surface area contributed by atoms with Crippen LogP contribution in [0.2, 0.25) is 0 Å². The summed E-state index contributed by atoms with van der Waals surface area (Å²) >= 11 is 5.38. The fraction of sp³-hybridized carbons (Fsp3) is 0.188. The van der Waals surface area contributed by atoms with E-state index in [0.717, 1.165) is 16.6 Å². The molecule has 5 heteroatoms. The Morgan fingerprint density at radius 2 is 2.10 bits per heavy atom. The summed E-state index contributed by atoms with van der Waals surface area (Å²) < 4.78 is 21.7. The van der Waals surface area contributed by atoms with Crippen LogP contribution in [-0.4, -0.2) is 16.2 Å². The van der Waals surface area contributed by atoms with Gasteiger partial charge in [-0.05, 0) is 49.8 Å². The normalized spacial score (nSPS) is 11.0. The first kappa shape index (κ1) is 13.8. The molecule has 0 spiro atoms. The molecule has 21 heavy (non-hydrogen) atoms. The number of aromatic nitrogens is 2. The second-order valence-corrected chi connectivity index (χ2v) is 5.17. The molecule has 0 aliphatic rings. The number of rotatable bonds is 3. The van der Waals surface area contributed by atoms with Crippen molar-refractivity contribution in [2.24, 2.45) is 0 Å². The Labute approximate surface area is 127 Å². The van der Waals surface area contributed by atoms with Crippen molar-refractivity contribution in [2.75, 3.05) is 6.61 Å². The summed E-state index contributed by atoms with van der Waals surface area (Å²) in [7, 11) is 0. The van der Waals surface area contributed by atoms with Crippen LogP contribution < -0.4 is 4.74 Å². The zero-order chi connectivity index (χ0) is 15.0. The van der Waals surface area contributed by atoms with Gasteiger partial charge in [-0.15, -0.1) is 0 Å². The Morgan fingerprint density at radius 3 is 2.81 bits per heavy atom. The van der Waals surface area contributed by atoms with E-state index in [-0.39, 0.29) is 5.75 Å². The molecule has 3 aromatic rings. The summed E-state index contributed by atoms with van der Waals surface area (Å²) in [4.78, 5) is 3.18. The molecule has 0 amide bonds. The van der Waals surface area contributed by atoms with Crippen LogP contribution in [0.3, 0.4) is 0 Å². The number of H-pyrrole nitrogens is 1. The minimum absolute atomic E-state index is 0.254. The molecule has 0 radical (unpaired) electrons. The van der Waals surface area contributed by atoms with Gasteiger partial charge >= 0.3 is 0 Å². The number of fused-ring (bicyclic) bond motifs is 1. The number of imidazole rings is 1. The third kappa shape index (κ3) is 2.34. The van der Waals surface area contributed by atoms with Crippen LogP contribution in [0.4, 0.5) is 4.39 Å². The molecule has 0 saturated heterocycles. The van der Waals surface area contributed by atoms with E-state index in [1.807, 2.05) is 36.6 Å². The van der Waals surface area contributed by atoms with Gasteiger partial charge in [0.1, 0.15) is 0 Å². The number of nitrogens with zero attached hydrogens (tertiary/aromatic N) is 1. The van der Waals surface area contributed by atoms with Crippen LogP contribution >= 0.6 is 12.2 Å². The highest BCUT2D eigenvalue weighted by Gasteiger charge is 2.11. The van der Waals surface area contributed by atoms with Crippen molar-refractivity contribution in [3.8, 4) is 11.4 Å². The third-order valence-corrected chi connectivity index (χ3v) is 3.68. The van der Waals surface area contributed by atoms with Gasteiger partial charge in [-0.3, -0.25) is 4.57 Å². The molecule has 0 atom stereocenters. The molecule has 1 N–H and O–H groups in total. The molecule has 3 rings (SSSR count). The van der Waals surface area contributed by atoms with E-state index in [1.54, 1.807) is 12.1 Å². The zero-order valence-electron chi connectivity index (χ0n) is 11.8. The Kier molecular flexibility index (Phi) is 3.51. The SMILES string of the molecule is CCOc1ccc(-n2c(=S)[nH]c3c(C)cccc32)cc1F. The summed E-state index contributed by atoms with van der Waals surface area (Å²) in [5.41, 5.74) is 3.68. The zero-order valence-corrected chi connectivity index (χ0v) is 12.6. The third-order valence-electron chi connectivity index (χ3n) is 3.40. The quantitative estimate of drug-likeness (QED) is 0.720. The van der Waals surface area contributed by atoms with E-state index >= 15 is 0 Å². The molecule has 0 bridgehead atoms. The summed E-state index contributed by atoms with van der Waals surface area (Å²) in [6.45, 7) is 4.27. The van der Waals surface area contributed by atoms with Gasteiger partial charge in [0.15, 0.2) is 16.3 Å². The van der Waals surface area contributed by atoms with E-state index in [4.69, 9.17) is 17.0 Å². The van der Waals surface area contributed by atoms with Gasteiger partial charge in [0.2, 0.25) is 0 Å². The van der Waals surface area contributed by atoms with Gasteiger partial charge in [0.05, 0.1) is 23.3 Å². The van der Waals surface area contributed by atoms with Crippen LogP contribution in [0.25, 0.3) is 16.7 Å². The maximum atomic E-state index is 14.1. The number of hydrogen-bond acceptors (Lipinski definition) is 2. The predicted molar refractivity (Wildman–Crippen MR) is 84.3 cm³/mol. The lowest BCUT2D eigenvalue weighted by molar-refractivity contribution is 0.321. The number of ether oxygens (including phenoxy) is 1. The first-order chi connectivity index (χ1) is 10.1. The van der Waals surface area contributed by atoms with Gasteiger partial charge in [-0.25, -0.2) is 4.39 Å². The number of benzene rings is 2. The maximum Gasteiger partial charge on any atom is 0.182 e. The number of hydrogen-bond donors (Lipinski definition) is 1. The highest BCUT2D eigenvalue weighted by atomic mass is 32.1. The van der Waals surface area contributed by atoms with Crippen LogP contribution in [0.5, 0.6) is 5.75 Å². The van der Waals surface area contributed by atoms with Crippen molar-refractivity contribution in [3.05, 3.63) is 52.5 Å². The molecule has 0 fully saturated rings. The second kappa shape index (κ2) is 5.33. The summed E-state index contributed by atoms with van der Waals surface area (Å²) in [6.07, 6.45) is 0. The fourth-order valence-electron chi connectivity index (χ4n) is 2.43. The molecule has 108 valence electrons. The highest BCUT2D eigenvalue weighted by Crippen LogP contribution is 2.25. The second-order valence-electron chi connectivity index (χ2n) is 4.78. The van der Waals surface area contributed by atoms with E-state index in [2.05, 4.69) is 4.98 Å². The number of aryl methyl sites for hydroxylation is 1. The lowest BCUT2D eigenvalue weighted by atomic mass is 10.2. The van der Waals surface area contributed by atoms with E-state index < -0.39 is 5.82 Å². The molecular weight excluding hydrogens is 287 g/mol. The minimum atomic E-state index is -0.391. The Morgan fingerprint density at radius 1 is 1.29 bits per heavy atom. The smallest absolute Gasteiger partial charge is 0.182 e. The van der Waals surface area contributed by atoms with Crippen molar-refractivity contribution in [2.45, 2.75) is 13.8 Å². The van der Waals surface area contributed by atoms with Crippen molar-refractivity contribution < 1.29 is 9.13 Å². The maximum absolute atomic E-state index is 14.1. The standard InChI is InChI=1S/C16H15FN2OS/c1-3-20-14-8-7-11(9-12(14)17)19-13-6-4-5-10(2)15(13)18-16(19)21/h4-9H,3H2,1-2H3,(H,18,21). The van der Waals surface area contributed by atoms with Gasteiger partial charge in [0.25, 0.3) is 0 Å². The minimum Gasteiger partial charge on any atom is -0.491 e. The van der Waals surface area contributed by atoms with E-state index in [0.29, 0.717) is 17.1 Å². The van der Waals surface area contributed by atoms with Crippen molar-refractivity contribution in [3.63, 3.8) is 0 Å². The number of halogens is 1. The monoisotopic (exact) mass is 302 g/mol. The van der Waals surface area contributed by atoms with Crippen LogP contribution in [0.1, 0.15) is 12.5 Å². The molecule has 1 aromatic heterocycles. The van der Waals surface area contributed by atoms with Crippen LogP contribution in [0.15, 0.2) is 36.4 Å². The van der Waals surface area contributed by atoms with Gasteiger partial charge in [-0.2, -0.15) is 0 Å². The fourth-order valence-corrected chi connectivity index (χ4v) is 2.74. The average molecular weight is 302 g/mol. The molecule has 1 heterocycles. The number of aromatic amines is 1. The summed E-state index contributed by atoms with van der Waals surface area (Å²) in [6, 6.07) is 10.8. The Hall–Kier alpha value is -2.14.